The van der Waals surface area contributed by atoms with Crippen LogP contribution < -0.4 is 5.73 Å². The third-order valence-corrected chi connectivity index (χ3v) is 4.35. The molecule has 108 valence electrons. The van der Waals surface area contributed by atoms with E-state index in [1.54, 1.807) is 0 Å². The first-order valence-corrected chi connectivity index (χ1v) is 8.90. The zero-order valence-electron chi connectivity index (χ0n) is 11.5. The van der Waals surface area contributed by atoms with Gasteiger partial charge in [0.1, 0.15) is 9.84 Å². The summed E-state index contributed by atoms with van der Waals surface area (Å²) in [6.07, 6.45) is 4.86. The van der Waals surface area contributed by atoms with E-state index in [1.807, 2.05) is 0 Å². The monoisotopic (exact) mass is 277 g/mol. The highest BCUT2D eigenvalue weighted by Crippen LogP contribution is 2.04. The van der Waals surface area contributed by atoms with E-state index in [-0.39, 0.29) is 5.75 Å². The van der Waals surface area contributed by atoms with E-state index >= 15 is 0 Å². The van der Waals surface area contributed by atoms with Gasteiger partial charge in [-0.3, -0.25) is 4.90 Å². The number of nitrogens with two attached hydrogens (primary N) is 1. The van der Waals surface area contributed by atoms with Crippen LogP contribution in [0.4, 0.5) is 0 Å². The Morgan fingerprint density at radius 3 is 2.00 bits per heavy atom. The van der Waals surface area contributed by atoms with Gasteiger partial charge in [-0.2, -0.15) is 0 Å². The molecule has 0 atom stereocenters. The molecule has 1 fully saturated rings. The number of sulfone groups is 1. The molecular weight excluding hydrogens is 250 g/mol. The molecule has 0 amide bonds. The molecule has 0 spiro atoms. The van der Waals surface area contributed by atoms with E-state index in [1.165, 1.54) is 19.1 Å². The first kappa shape index (κ1) is 15.9. The van der Waals surface area contributed by atoms with Crippen LogP contribution in [0, 0.1) is 0 Å². The van der Waals surface area contributed by atoms with Gasteiger partial charge in [0.25, 0.3) is 0 Å². The van der Waals surface area contributed by atoms with E-state index in [2.05, 4.69) is 9.80 Å². The number of hydrogen-bond donors (Lipinski definition) is 1. The van der Waals surface area contributed by atoms with E-state index < -0.39 is 9.84 Å². The molecule has 1 rings (SSSR count). The van der Waals surface area contributed by atoms with E-state index in [4.69, 9.17) is 5.73 Å². The summed E-state index contributed by atoms with van der Waals surface area (Å²) >= 11 is 0. The zero-order valence-corrected chi connectivity index (χ0v) is 12.3. The molecule has 1 aliphatic heterocycles. The normalized spacial score (nSPS) is 19.2. The van der Waals surface area contributed by atoms with Crippen LogP contribution in [-0.2, 0) is 9.84 Å². The first-order chi connectivity index (χ1) is 8.51. The van der Waals surface area contributed by atoms with Crippen molar-refractivity contribution in [3.05, 3.63) is 0 Å². The van der Waals surface area contributed by atoms with Gasteiger partial charge in [0.05, 0.1) is 5.75 Å². The average molecular weight is 277 g/mol. The maximum absolute atomic E-state index is 11.1. The Bertz CT molecular complexity index is 311. The van der Waals surface area contributed by atoms with Crippen molar-refractivity contribution in [3.63, 3.8) is 0 Å². The van der Waals surface area contributed by atoms with Crippen molar-refractivity contribution >= 4 is 9.84 Å². The highest BCUT2D eigenvalue weighted by Gasteiger charge is 2.17. The van der Waals surface area contributed by atoms with E-state index in [0.29, 0.717) is 6.54 Å². The highest BCUT2D eigenvalue weighted by atomic mass is 32.2. The lowest BCUT2D eigenvalue weighted by Gasteiger charge is -2.34. The molecule has 0 aromatic rings. The Morgan fingerprint density at radius 1 is 0.944 bits per heavy atom. The summed E-state index contributed by atoms with van der Waals surface area (Å²) < 4.78 is 22.2. The molecule has 0 saturated carbocycles. The molecule has 2 N–H and O–H groups in total. The van der Waals surface area contributed by atoms with Gasteiger partial charge in [0, 0.05) is 39.0 Å². The van der Waals surface area contributed by atoms with Gasteiger partial charge in [-0.1, -0.05) is 6.42 Å². The van der Waals surface area contributed by atoms with Crippen molar-refractivity contribution in [2.24, 2.45) is 5.73 Å². The zero-order chi connectivity index (χ0) is 13.4. The second kappa shape index (κ2) is 8.09. The van der Waals surface area contributed by atoms with Gasteiger partial charge >= 0.3 is 0 Å². The number of hydrogen-bond acceptors (Lipinski definition) is 5. The molecule has 1 heterocycles. The van der Waals surface area contributed by atoms with Gasteiger partial charge in [-0.15, -0.1) is 0 Å². The minimum atomic E-state index is -2.82. The predicted molar refractivity (Wildman–Crippen MR) is 75.5 cm³/mol. The van der Waals surface area contributed by atoms with Gasteiger partial charge in [0.2, 0.25) is 0 Å². The Labute approximate surface area is 111 Å². The molecule has 0 aromatic carbocycles. The van der Waals surface area contributed by atoms with Crippen LogP contribution in [0.3, 0.4) is 0 Å². The Morgan fingerprint density at radius 2 is 1.50 bits per heavy atom. The van der Waals surface area contributed by atoms with Crippen LogP contribution in [0.15, 0.2) is 0 Å². The number of rotatable bonds is 8. The molecule has 0 aliphatic carbocycles. The summed E-state index contributed by atoms with van der Waals surface area (Å²) in [5.74, 6) is 0.281. The van der Waals surface area contributed by atoms with Crippen LogP contribution >= 0.6 is 0 Å². The highest BCUT2D eigenvalue weighted by molar-refractivity contribution is 7.90. The largest absolute Gasteiger partial charge is 0.330 e. The smallest absolute Gasteiger partial charge is 0.148 e. The summed E-state index contributed by atoms with van der Waals surface area (Å²) in [7, 11) is -2.82. The van der Waals surface area contributed by atoms with Gasteiger partial charge in [0.15, 0.2) is 0 Å². The Kier molecular flexibility index (Phi) is 7.14. The summed E-state index contributed by atoms with van der Waals surface area (Å²) in [5.41, 5.74) is 5.47. The molecule has 5 nitrogen and oxygen atoms in total. The van der Waals surface area contributed by atoms with Crippen LogP contribution in [0.1, 0.15) is 19.3 Å². The number of unbranched alkanes of at least 4 members (excludes halogenated alkanes) is 2. The molecule has 0 bridgehead atoms. The topological polar surface area (TPSA) is 66.6 Å². The lowest BCUT2D eigenvalue weighted by Crippen LogP contribution is -2.47. The van der Waals surface area contributed by atoms with Crippen molar-refractivity contribution in [1.82, 2.24) is 9.80 Å². The molecule has 0 aromatic heterocycles. The fourth-order valence-electron chi connectivity index (χ4n) is 2.19. The molecule has 0 unspecified atom stereocenters. The van der Waals surface area contributed by atoms with Crippen molar-refractivity contribution in [2.75, 3.05) is 57.8 Å². The van der Waals surface area contributed by atoms with Crippen molar-refractivity contribution < 1.29 is 8.42 Å². The average Bonchev–Trinajstić information content (AvgIpc) is 2.33. The van der Waals surface area contributed by atoms with Gasteiger partial charge < -0.3 is 10.6 Å². The SMILES string of the molecule is CS(=O)(=O)CCN1CCN(CCCCCN)CC1. The number of piperazine rings is 1. The lowest BCUT2D eigenvalue weighted by molar-refractivity contribution is 0.136. The fraction of sp³-hybridized carbons (Fsp3) is 1.00. The molecule has 1 saturated heterocycles. The molecular formula is C12H27N3O2S. The maximum atomic E-state index is 11.1. The summed E-state index contributed by atoms with van der Waals surface area (Å²) in [6, 6.07) is 0. The second-order valence-electron chi connectivity index (χ2n) is 5.16. The third-order valence-electron chi connectivity index (χ3n) is 3.42. The van der Waals surface area contributed by atoms with E-state index in [9.17, 15) is 8.42 Å². The van der Waals surface area contributed by atoms with E-state index in [0.717, 1.165) is 45.7 Å². The Balaban J connectivity index is 2.09. The van der Waals surface area contributed by atoms with Crippen LogP contribution in [0.25, 0.3) is 0 Å². The van der Waals surface area contributed by atoms with Gasteiger partial charge in [-0.25, -0.2) is 8.42 Å². The van der Waals surface area contributed by atoms with Crippen LogP contribution in [-0.4, -0.2) is 76.0 Å². The lowest BCUT2D eigenvalue weighted by atomic mass is 10.2. The van der Waals surface area contributed by atoms with Crippen LogP contribution in [0.5, 0.6) is 0 Å². The standard InChI is InChI=1S/C12H27N3O2S/c1-18(16,17)12-11-15-9-7-14(8-10-15)6-4-2-3-5-13/h2-13H2,1H3. The summed E-state index contributed by atoms with van der Waals surface area (Å²) in [5, 5.41) is 0. The molecule has 18 heavy (non-hydrogen) atoms. The Hall–Kier alpha value is -0.170. The second-order valence-corrected chi connectivity index (χ2v) is 7.42. The van der Waals surface area contributed by atoms with Gasteiger partial charge in [-0.05, 0) is 25.9 Å². The third kappa shape index (κ3) is 7.31. The summed E-state index contributed by atoms with van der Waals surface area (Å²) in [6.45, 7) is 6.73. The quantitative estimate of drug-likeness (QED) is 0.621. The number of nitrogens with zero attached hydrogens (tertiary/aromatic N) is 2. The van der Waals surface area contributed by atoms with Crippen molar-refractivity contribution in [3.8, 4) is 0 Å². The summed E-state index contributed by atoms with van der Waals surface area (Å²) in [4.78, 5) is 4.71. The fourth-order valence-corrected chi connectivity index (χ4v) is 2.78. The van der Waals surface area contributed by atoms with Crippen molar-refractivity contribution in [2.45, 2.75) is 19.3 Å². The molecule has 1 aliphatic rings. The van der Waals surface area contributed by atoms with Crippen molar-refractivity contribution in [1.29, 1.82) is 0 Å². The predicted octanol–water partition coefficient (Wildman–Crippen LogP) is -0.222. The molecule has 0 radical (unpaired) electrons. The first-order valence-electron chi connectivity index (χ1n) is 6.84. The minimum Gasteiger partial charge on any atom is -0.330 e. The maximum Gasteiger partial charge on any atom is 0.148 e. The minimum absolute atomic E-state index is 0.281. The van der Waals surface area contributed by atoms with Crippen LogP contribution in [0.2, 0.25) is 0 Å². The molecule has 6 heteroatoms.